The van der Waals surface area contributed by atoms with Gasteiger partial charge in [-0.25, -0.2) is 4.79 Å². The summed E-state index contributed by atoms with van der Waals surface area (Å²) in [5.74, 6) is 0. The van der Waals surface area contributed by atoms with Crippen LogP contribution in [0.2, 0.25) is 5.02 Å². The van der Waals surface area contributed by atoms with Crippen molar-refractivity contribution < 1.29 is 9.53 Å². The molecule has 27 heavy (non-hydrogen) atoms. The fraction of sp³-hybridized carbons (Fsp3) is 0.667. The number of hydrogen-bond acceptors (Lipinski definition) is 4. The second-order valence-corrected chi connectivity index (χ2v) is 8.53. The minimum Gasteiger partial charge on any atom is -0.442 e. The first-order valence-corrected chi connectivity index (χ1v) is 10.7. The Labute approximate surface area is 167 Å². The summed E-state index contributed by atoms with van der Waals surface area (Å²) in [6.45, 7) is 8.40. The van der Waals surface area contributed by atoms with E-state index < -0.39 is 0 Å². The minimum absolute atomic E-state index is 0.0329. The standard InChI is InChI=1S/C21H30ClN3O2/c1-2-9-23-10-7-18(8-11-23)24-14-19-20(15-24)27-21(26)25(19)12-6-16-4-3-5-17(22)13-16/h3-5,13,18-20H,2,6-12,14-15H2,1H3/t19-,20+/m0/s1. The van der Waals surface area contributed by atoms with Gasteiger partial charge in [0.15, 0.2) is 0 Å². The van der Waals surface area contributed by atoms with Crippen LogP contribution in [-0.2, 0) is 11.2 Å². The van der Waals surface area contributed by atoms with Gasteiger partial charge in [0.25, 0.3) is 0 Å². The van der Waals surface area contributed by atoms with Crippen molar-refractivity contribution in [3.8, 4) is 0 Å². The van der Waals surface area contributed by atoms with Crippen LogP contribution in [0.1, 0.15) is 31.7 Å². The molecule has 3 aliphatic rings. The molecule has 2 atom stereocenters. The zero-order chi connectivity index (χ0) is 18.8. The summed E-state index contributed by atoms with van der Waals surface area (Å²) in [5, 5.41) is 0.746. The van der Waals surface area contributed by atoms with Crippen LogP contribution >= 0.6 is 11.6 Å². The molecular formula is C21H30ClN3O2. The quantitative estimate of drug-likeness (QED) is 0.745. The van der Waals surface area contributed by atoms with Crippen LogP contribution in [0.3, 0.4) is 0 Å². The molecule has 5 nitrogen and oxygen atoms in total. The zero-order valence-corrected chi connectivity index (χ0v) is 16.9. The minimum atomic E-state index is -0.149. The lowest BCUT2D eigenvalue weighted by Crippen LogP contribution is -2.46. The maximum atomic E-state index is 12.3. The third-order valence-corrected chi connectivity index (χ3v) is 6.53. The molecule has 1 amide bonds. The topological polar surface area (TPSA) is 36.0 Å². The van der Waals surface area contributed by atoms with E-state index in [4.69, 9.17) is 16.3 Å². The Hall–Kier alpha value is -1.30. The van der Waals surface area contributed by atoms with E-state index in [1.807, 2.05) is 23.1 Å². The molecule has 0 bridgehead atoms. The number of rotatable bonds is 6. The summed E-state index contributed by atoms with van der Waals surface area (Å²) in [5.41, 5.74) is 1.16. The van der Waals surface area contributed by atoms with Gasteiger partial charge in [-0.2, -0.15) is 0 Å². The van der Waals surface area contributed by atoms with Crippen molar-refractivity contribution in [2.75, 3.05) is 39.3 Å². The van der Waals surface area contributed by atoms with E-state index in [2.05, 4.69) is 22.8 Å². The van der Waals surface area contributed by atoms with E-state index in [0.29, 0.717) is 12.6 Å². The van der Waals surface area contributed by atoms with Gasteiger partial charge in [-0.15, -0.1) is 0 Å². The van der Waals surface area contributed by atoms with Crippen molar-refractivity contribution in [3.05, 3.63) is 34.9 Å². The van der Waals surface area contributed by atoms with Gasteiger partial charge in [0.2, 0.25) is 0 Å². The Morgan fingerprint density at radius 2 is 2.00 bits per heavy atom. The van der Waals surface area contributed by atoms with Crippen molar-refractivity contribution in [1.29, 1.82) is 0 Å². The summed E-state index contributed by atoms with van der Waals surface area (Å²) in [6.07, 6.45) is 4.39. The lowest BCUT2D eigenvalue weighted by atomic mass is 10.0. The van der Waals surface area contributed by atoms with Crippen molar-refractivity contribution in [2.45, 2.75) is 50.8 Å². The van der Waals surface area contributed by atoms with Crippen LogP contribution in [0.15, 0.2) is 24.3 Å². The van der Waals surface area contributed by atoms with Gasteiger partial charge in [0.05, 0.1) is 6.04 Å². The van der Waals surface area contributed by atoms with Gasteiger partial charge in [0, 0.05) is 30.7 Å². The van der Waals surface area contributed by atoms with E-state index >= 15 is 0 Å². The Morgan fingerprint density at radius 1 is 1.19 bits per heavy atom. The summed E-state index contributed by atoms with van der Waals surface area (Å²) >= 11 is 6.08. The van der Waals surface area contributed by atoms with E-state index in [-0.39, 0.29) is 18.2 Å². The number of piperidine rings is 1. The van der Waals surface area contributed by atoms with Gasteiger partial charge >= 0.3 is 6.09 Å². The maximum Gasteiger partial charge on any atom is 0.410 e. The van der Waals surface area contributed by atoms with E-state index in [9.17, 15) is 4.79 Å². The monoisotopic (exact) mass is 391 g/mol. The van der Waals surface area contributed by atoms with Crippen molar-refractivity contribution >= 4 is 17.7 Å². The fourth-order valence-electron chi connectivity index (χ4n) is 4.85. The van der Waals surface area contributed by atoms with E-state index in [1.54, 1.807) is 0 Å². The van der Waals surface area contributed by atoms with Crippen molar-refractivity contribution in [1.82, 2.24) is 14.7 Å². The molecule has 1 aromatic carbocycles. The normalized spacial score (nSPS) is 27.2. The van der Waals surface area contributed by atoms with Gasteiger partial charge < -0.3 is 9.64 Å². The summed E-state index contributed by atoms with van der Waals surface area (Å²) in [7, 11) is 0. The molecule has 0 spiro atoms. The largest absolute Gasteiger partial charge is 0.442 e. The summed E-state index contributed by atoms with van der Waals surface area (Å²) < 4.78 is 5.70. The maximum absolute atomic E-state index is 12.3. The predicted molar refractivity (Wildman–Crippen MR) is 107 cm³/mol. The van der Waals surface area contributed by atoms with Crippen molar-refractivity contribution in [2.24, 2.45) is 0 Å². The zero-order valence-electron chi connectivity index (χ0n) is 16.1. The molecule has 0 aliphatic carbocycles. The first-order chi connectivity index (χ1) is 13.1. The first-order valence-electron chi connectivity index (χ1n) is 10.3. The molecule has 6 heteroatoms. The smallest absolute Gasteiger partial charge is 0.410 e. The predicted octanol–water partition coefficient (Wildman–Crippen LogP) is 3.26. The number of amides is 1. The van der Waals surface area contributed by atoms with E-state index in [0.717, 1.165) is 30.1 Å². The van der Waals surface area contributed by atoms with Gasteiger partial charge in [-0.05, 0) is 63.0 Å². The van der Waals surface area contributed by atoms with Crippen LogP contribution in [0.25, 0.3) is 0 Å². The third-order valence-electron chi connectivity index (χ3n) is 6.30. The SMILES string of the molecule is CCCN1CCC(N2C[C@H]3OC(=O)N(CCc4cccc(Cl)c4)[C@H]3C2)CC1. The second-order valence-electron chi connectivity index (χ2n) is 8.09. The van der Waals surface area contributed by atoms with Gasteiger partial charge in [0.1, 0.15) is 6.10 Å². The Bertz CT molecular complexity index is 663. The molecule has 0 aromatic heterocycles. The molecule has 3 aliphatic heterocycles. The molecule has 0 saturated carbocycles. The van der Waals surface area contributed by atoms with Gasteiger partial charge in [-0.3, -0.25) is 9.80 Å². The first kappa shape index (κ1) is 19.0. The molecule has 3 heterocycles. The molecule has 1 aromatic rings. The molecule has 4 rings (SSSR count). The lowest BCUT2D eigenvalue weighted by molar-refractivity contribution is 0.0889. The molecular weight excluding hydrogens is 362 g/mol. The van der Waals surface area contributed by atoms with Crippen LogP contribution < -0.4 is 0 Å². The molecule has 0 radical (unpaired) electrons. The Morgan fingerprint density at radius 3 is 2.74 bits per heavy atom. The lowest BCUT2D eigenvalue weighted by Gasteiger charge is -2.37. The molecule has 3 fully saturated rings. The number of halogens is 1. The third kappa shape index (κ3) is 4.25. The van der Waals surface area contributed by atoms with Crippen molar-refractivity contribution in [3.63, 3.8) is 0 Å². The summed E-state index contributed by atoms with van der Waals surface area (Å²) in [4.78, 5) is 19.4. The number of carbonyl (C=O) groups is 1. The average molecular weight is 392 g/mol. The fourth-order valence-corrected chi connectivity index (χ4v) is 5.07. The number of carbonyl (C=O) groups excluding carboxylic acids is 1. The highest BCUT2D eigenvalue weighted by Crippen LogP contribution is 2.30. The van der Waals surface area contributed by atoms with Crippen LogP contribution in [-0.4, -0.2) is 78.2 Å². The number of hydrogen-bond donors (Lipinski definition) is 0. The number of benzene rings is 1. The highest BCUT2D eigenvalue weighted by atomic mass is 35.5. The average Bonchev–Trinajstić information content (AvgIpc) is 3.18. The second kappa shape index (κ2) is 8.38. The highest BCUT2D eigenvalue weighted by molar-refractivity contribution is 6.30. The number of nitrogens with zero attached hydrogens (tertiary/aromatic N) is 3. The number of likely N-dealkylation sites (tertiary alicyclic amines) is 2. The number of fused-ring (bicyclic) bond motifs is 1. The van der Waals surface area contributed by atoms with Crippen LogP contribution in [0.4, 0.5) is 4.79 Å². The van der Waals surface area contributed by atoms with Crippen LogP contribution in [0, 0.1) is 0 Å². The van der Waals surface area contributed by atoms with E-state index in [1.165, 1.54) is 38.9 Å². The number of ether oxygens (including phenoxy) is 1. The molecule has 3 saturated heterocycles. The summed E-state index contributed by atoms with van der Waals surface area (Å²) in [6, 6.07) is 8.72. The molecule has 148 valence electrons. The van der Waals surface area contributed by atoms with Crippen LogP contribution in [0.5, 0.6) is 0 Å². The van der Waals surface area contributed by atoms with Gasteiger partial charge in [-0.1, -0.05) is 30.7 Å². The Balaban J connectivity index is 1.32. The highest BCUT2D eigenvalue weighted by Gasteiger charge is 2.48. The molecule has 0 unspecified atom stereocenters. The molecule has 0 N–H and O–H groups in total. The Kier molecular flexibility index (Phi) is 5.90.